The van der Waals surface area contributed by atoms with Gasteiger partial charge in [0.15, 0.2) is 0 Å². The van der Waals surface area contributed by atoms with Crippen LogP contribution >= 0.6 is 11.3 Å². The monoisotopic (exact) mass is 220 g/mol. The number of hydrogen-bond acceptors (Lipinski definition) is 4. The summed E-state index contributed by atoms with van der Waals surface area (Å²) in [5, 5.41) is 13.6. The summed E-state index contributed by atoms with van der Waals surface area (Å²) in [7, 11) is 1.90. The largest absolute Gasteiger partial charge is 0.507 e. The highest BCUT2D eigenvalue weighted by molar-refractivity contribution is 7.15. The predicted octanol–water partition coefficient (Wildman–Crippen LogP) is 2.24. The first kappa shape index (κ1) is 10.1. The Morgan fingerprint density at radius 1 is 1.40 bits per heavy atom. The molecule has 0 aliphatic carbocycles. The second kappa shape index (κ2) is 4.42. The van der Waals surface area contributed by atoms with Gasteiger partial charge in [0.1, 0.15) is 10.8 Å². The van der Waals surface area contributed by atoms with Crippen molar-refractivity contribution in [2.45, 2.75) is 6.54 Å². The van der Waals surface area contributed by atoms with Crippen LogP contribution in [0.2, 0.25) is 0 Å². The molecule has 1 heterocycles. The number of thiazole rings is 1. The molecule has 0 saturated carbocycles. The van der Waals surface area contributed by atoms with E-state index in [4.69, 9.17) is 0 Å². The Kier molecular flexibility index (Phi) is 2.99. The van der Waals surface area contributed by atoms with E-state index in [1.165, 1.54) is 0 Å². The molecule has 78 valence electrons. The zero-order valence-corrected chi connectivity index (χ0v) is 9.21. The standard InChI is InChI=1S/C11H12N2OS/c1-12-6-8-7-13-11(15-8)9-4-2-3-5-10(9)14/h2-5,7,12,14H,6H2,1H3. The minimum absolute atomic E-state index is 0.280. The third-order valence-corrected chi connectivity index (χ3v) is 3.07. The zero-order chi connectivity index (χ0) is 10.7. The van der Waals surface area contributed by atoms with E-state index in [1.807, 2.05) is 25.4 Å². The van der Waals surface area contributed by atoms with E-state index in [0.717, 1.165) is 22.0 Å². The molecule has 0 aliphatic rings. The minimum Gasteiger partial charge on any atom is -0.507 e. The van der Waals surface area contributed by atoms with Gasteiger partial charge in [0, 0.05) is 17.6 Å². The molecule has 0 fully saturated rings. The van der Waals surface area contributed by atoms with Crippen LogP contribution < -0.4 is 5.32 Å². The van der Waals surface area contributed by atoms with E-state index in [1.54, 1.807) is 23.5 Å². The van der Waals surface area contributed by atoms with E-state index in [2.05, 4.69) is 10.3 Å². The van der Waals surface area contributed by atoms with Crippen molar-refractivity contribution in [1.82, 2.24) is 10.3 Å². The smallest absolute Gasteiger partial charge is 0.127 e. The number of rotatable bonds is 3. The Morgan fingerprint density at radius 3 is 2.93 bits per heavy atom. The summed E-state index contributed by atoms with van der Waals surface area (Å²) >= 11 is 1.59. The van der Waals surface area contributed by atoms with Crippen molar-refractivity contribution in [3.63, 3.8) is 0 Å². The number of nitrogens with one attached hydrogen (secondary N) is 1. The van der Waals surface area contributed by atoms with Gasteiger partial charge in [-0.15, -0.1) is 11.3 Å². The van der Waals surface area contributed by atoms with E-state index in [-0.39, 0.29) is 5.75 Å². The maximum atomic E-state index is 9.65. The fraction of sp³-hybridized carbons (Fsp3) is 0.182. The Bertz CT molecular complexity index is 453. The molecule has 1 aromatic carbocycles. The van der Waals surface area contributed by atoms with Gasteiger partial charge in [0.25, 0.3) is 0 Å². The van der Waals surface area contributed by atoms with E-state index in [9.17, 15) is 5.11 Å². The lowest BCUT2D eigenvalue weighted by atomic mass is 10.2. The number of phenols is 1. The summed E-state index contributed by atoms with van der Waals surface area (Å²) in [6.07, 6.45) is 1.84. The van der Waals surface area contributed by atoms with Gasteiger partial charge in [0.05, 0.1) is 5.56 Å². The quantitative estimate of drug-likeness (QED) is 0.833. The molecule has 0 aliphatic heterocycles. The second-order valence-electron chi connectivity index (χ2n) is 3.18. The van der Waals surface area contributed by atoms with Crippen LogP contribution in [0.25, 0.3) is 10.6 Å². The summed E-state index contributed by atoms with van der Waals surface area (Å²) in [5.74, 6) is 0.280. The van der Waals surface area contributed by atoms with Gasteiger partial charge in [0.2, 0.25) is 0 Å². The van der Waals surface area contributed by atoms with Crippen molar-refractivity contribution in [3.8, 4) is 16.3 Å². The first-order valence-electron chi connectivity index (χ1n) is 4.69. The summed E-state index contributed by atoms with van der Waals surface area (Å²) in [6.45, 7) is 0.811. The van der Waals surface area contributed by atoms with Crippen LogP contribution in [0.3, 0.4) is 0 Å². The average molecular weight is 220 g/mol. The lowest BCUT2D eigenvalue weighted by Gasteiger charge is -1.98. The Balaban J connectivity index is 2.33. The molecule has 2 rings (SSSR count). The van der Waals surface area contributed by atoms with Gasteiger partial charge in [-0.25, -0.2) is 4.98 Å². The highest BCUT2D eigenvalue weighted by Gasteiger charge is 2.07. The molecule has 0 unspecified atom stereocenters. The number of para-hydroxylation sites is 1. The van der Waals surface area contributed by atoms with Crippen LogP contribution in [0.5, 0.6) is 5.75 Å². The third kappa shape index (κ3) is 2.16. The molecule has 0 saturated heterocycles. The first-order chi connectivity index (χ1) is 7.31. The molecule has 4 heteroatoms. The van der Waals surface area contributed by atoms with Gasteiger partial charge in [-0.3, -0.25) is 0 Å². The van der Waals surface area contributed by atoms with E-state index < -0.39 is 0 Å². The molecular weight excluding hydrogens is 208 g/mol. The van der Waals surface area contributed by atoms with Crippen molar-refractivity contribution in [2.75, 3.05) is 7.05 Å². The maximum absolute atomic E-state index is 9.65. The number of nitrogens with zero attached hydrogens (tertiary/aromatic N) is 1. The van der Waals surface area contributed by atoms with Crippen molar-refractivity contribution in [1.29, 1.82) is 0 Å². The van der Waals surface area contributed by atoms with Crippen molar-refractivity contribution in [3.05, 3.63) is 35.3 Å². The summed E-state index contributed by atoms with van der Waals surface area (Å²) in [4.78, 5) is 5.45. The highest BCUT2D eigenvalue weighted by Crippen LogP contribution is 2.31. The van der Waals surface area contributed by atoms with Gasteiger partial charge in [-0.1, -0.05) is 12.1 Å². The second-order valence-corrected chi connectivity index (χ2v) is 4.29. The SMILES string of the molecule is CNCc1cnc(-c2ccccc2O)s1. The maximum Gasteiger partial charge on any atom is 0.127 e. The topological polar surface area (TPSA) is 45.2 Å². The zero-order valence-electron chi connectivity index (χ0n) is 8.40. The number of aromatic hydroxyl groups is 1. The molecule has 0 bridgehead atoms. The average Bonchev–Trinajstić information content (AvgIpc) is 2.68. The minimum atomic E-state index is 0.280. The number of phenolic OH excluding ortho intramolecular Hbond substituents is 1. The lowest BCUT2D eigenvalue weighted by molar-refractivity contribution is 0.477. The fourth-order valence-corrected chi connectivity index (χ4v) is 2.30. The van der Waals surface area contributed by atoms with Crippen molar-refractivity contribution < 1.29 is 5.11 Å². The van der Waals surface area contributed by atoms with E-state index >= 15 is 0 Å². The van der Waals surface area contributed by atoms with Crippen LogP contribution in [-0.2, 0) is 6.54 Å². The summed E-state index contributed by atoms with van der Waals surface area (Å²) in [5.41, 5.74) is 0.796. The normalized spacial score (nSPS) is 10.5. The number of hydrogen-bond donors (Lipinski definition) is 2. The van der Waals surface area contributed by atoms with Crippen LogP contribution in [-0.4, -0.2) is 17.1 Å². The molecule has 0 radical (unpaired) electrons. The van der Waals surface area contributed by atoms with Crippen molar-refractivity contribution in [2.24, 2.45) is 0 Å². The predicted molar refractivity (Wildman–Crippen MR) is 62.0 cm³/mol. The van der Waals surface area contributed by atoms with E-state index in [0.29, 0.717) is 0 Å². The van der Waals surface area contributed by atoms with Crippen LogP contribution in [0.4, 0.5) is 0 Å². The first-order valence-corrected chi connectivity index (χ1v) is 5.50. The van der Waals surface area contributed by atoms with Crippen LogP contribution in [0.15, 0.2) is 30.5 Å². The van der Waals surface area contributed by atoms with Gasteiger partial charge < -0.3 is 10.4 Å². The molecule has 15 heavy (non-hydrogen) atoms. The lowest BCUT2D eigenvalue weighted by Crippen LogP contribution is -2.02. The summed E-state index contributed by atoms with van der Waals surface area (Å²) < 4.78 is 0. The van der Waals surface area contributed by atoms with Gasteiger partial charge in [-0.05, 0) is 19.2 Å². The number of aromatic nitrogens is 1. The highest BCUT2D eigenvalue weighted by atomic mass is 32.1. The van der Waals surface area contributed by atoms with Gasteiger partial charge in [-0.2, -0.15) is 0 Å². The molecule has 2 aromatic rings. The third-order valence-electron chi connectivity index (χ3n) is 2.04. The molecule has 0 amide bonds. The molecule has 2 N–H and O–H groups in total. The van der Waals surface area contributed by atoms with Gasteiger partial charge >= 0.3 is 0 Å². The van der Waals surface area contributed by atoms with Crippen molar-refractivity contribution >= 4 is 11.3 Å². The van der Waals surface area contributed by atoms with Crippen LogP contribution in [0.1, 0.15) is 4.88 Å². The molecule has 3 nitrogen and oxygen atoms in total. The number of benzene rings is 1. The molecule has 0 spiro atoms. The molecular formula is C11H12N2OS. The Labute approximate surface area is 92.4 Å². The van der Waals surface area contributed by atoms with Crippen LogP contribution in [0, 0.1) is 0 Å². The summed E-state index contributed by atoms with van der Waals surface area (Å²) in [6, 6.07) is 7.25. The fourth-order valence-electron chi connectivity index (χ4n) is 1.34. The Hall–Kier alpha value is -1.39. The molecule has 1 aromatic heterocycles. The Morgan fingerprint density at radius 2 is 2.20 bits per heavy atom. The molecule has 0 atom stereocenters.